The summed E-state index contributed by atoms with van der Waals surface area (Å²) in [4.78, 5) is 15.2. The highest BCUT2D eigenvalue weighted by molar-refractivity contribution is 5.95. The standard InChI is InChI=1S/C13H16F2N2O2/c1-16(2)10-6-17(7-11(10)18)13(19)12-8(14)4-3-5-9(12)15/h3-5,10-11,18H,6-7H2,1-2H3/t10-,11-/m1/s1. The molecule has 1 aliphatic heterocycles. The van der Waals surface area contributed by atoms with Crippen LogP contribution in [-0.2, 0) is 0 Å². The Morgan fingerprint density at radius 3 is 2.37 bits per heavy atom. The molecule has 1 amide bonds. The number of aliphatic hydroxyl groups excluding tert-OH is 1. The fraction of sp³-hybridized carbons (Fsp3) is 0.462. The van der Waals surface area contributed by atoms with E-state index in [1.165, 1.54) is 11.0 Å². The van der Waals surface area contributed by atoms with Gasteiger partial charge < -0.3 is 14.9 Å². The molecule has 1 N–H and O–H groups in total. The van der Waals surface area contributed by atoms with Crippen molar-refractivity contribution in [2.24, 2.45) is 0 Å². The minimum atomic E-state index is -0.882. The maximum Gasteiger partial charge on any atom is 0.259 e. The molecule has 0 unspecified atom stereocenters. The van der Waals surface area contributed by atoms with Gasteiger partial charge in [0.15, 0.2) is 0 Å². The zero-order valence-corrected chi connectivity index (χ0v) is 10.8. The number of amides is 1. The highest BCUT2D eigenvalue weighted by Gasteiger charge is 2.36. The molecule has 0 saturated carbocycles. The largest absolute Gasteiger partial charge is 0.390 e. The van der Waals surface area contributed by atoms with Crippen LogP contribution >= 0.6 is 0 Å². The molecule has 0 aromatic heterocycles. The molecule has 6 heteroatoms. The molecule has 104 valence electrons. The molecule has 1 heterocycles. The van der Waals surface area contributed by atoms with E-state index in [9.17, 15) is 18.7 Å². The van der Waals surface area contributed by atoms with Crippen LogP contribution in [0.2, 0.25) is 0 Å². The van der Waals surface area contributed by atoms with E-state index in [2.05, 4.69) is 0 Å². The third-order valence-electron chi connectivity index (χ3n) is 3.39. The molecular formula is C13H16F2N2O2. The predicted molar refractivity (Wildman–Crippen MR) is 65.7 cm³/mol. The SMILES string of the molecule is CN(C)[C@@H]1CN(C(=O)c2c(F)cccc2F)C[C@H]1O. The van der Waals surface area contributed by atoms with Crippen molar-refractivity contribution in [1.29, 1.82) is 0 Å². The zero-order chi connectivity index (χ0) is 14.2. The molecule has 2 rings (SSSR count). The third kappa shape index (κ3) is 2.59. The van der Waals surface area contributed by atoms with Gasteiger partial charge in [0.2, 0.25) is 0 Å². The number of benzene rings is 1. The van der Waals surface area contributed by atoms with Crippen molar-refractivity contribution in [3.8, 4) is 0 Å². The van der Waals surface area contributed by atoms with Gasteiger partial charge in [-0.2, -0.15) is 0 Å². The molecule has 1 saturated heterocycles. The van der Waals surface area contributed by atoms with Crippen LogP contribution in [0.4, 0.5) is 8.78 Å². The number of β-amino-alcohol motifs (C(OH)–C–C–N with tert-alkyl or cyclic N) is 1. The van der Waals surface area contributed by atoms with E-state index in [4.69, 9.17) is 0 Å². The number of hydrogen-bond donors (Lipinski definition) is 1. The number of carbonyl (C=O) groups excluding carboxylic acids is 1. The zero-order valence-electron chi connectivity index (χ0n) is 10.8. The van der Waals surface area contributed by atoms with Crippen LogP contribution in [-0.4, -0.2) is 60.1 Å². The first kappa shape index (κ1) is 13.9. The second-order valence-corrected chi connectivity index (χ2v) is 4.91. The minimum Gasteiger partial charge on any atom is -0.390 e. The number of aliphatic hydroxyl groups is 1. The van der Waals surface area contributed by atoms with Gasteiger partial charge in [-0.1, -0.05) is 6.07 Å². The molecule has 4 nitrogen and oxygen atoms in total. The minimum absolute atomic E-state index is 0.0788. The maximum atomic E-state index is 13.5. The number of nitrogens with zero attached hydrogens (tertiary/aromatic N) is 2. The van der Waals surface area contributed by atoms with Crippen molar-refractivity contribution in [2.45, 2.75) is 12.1 Å². The Bertz CT molecular complexity index is 473. The van der Waals surface area contributed by atoms with Crippen molar-refractivity contribution in [3.63, 3.8) is 0 Å². The van der Waals surface area contributed by atoms with E-state index in [1.807, 2.05) is 0 Å². The van der Waals surface area contributed by atoms with Gasteiger partial charge >= 0.3 is 0 Å². The van der Waals surface area contributed by atoms with Crippen molar-refractivity contribution < 1.29 is 18.7 Å². The molecule has 0 spiro atoms. The first-order chi connectivity index (χ1) is 8.91. The average molecular weight is 270 g/mol. The van der Waals surface area contributed by atoms with Gasteiger partial charge in [0, 0.05) is 13.1 Å². The van der Waals surface area contributed by atoms with E-state index in [0.717, 1.165) is 12.1 Å². The fourth-order valence-electron chi connectivity index (χ4n) is 2.30. The van der Waals surface area contributed by atoms with Gasteiger partial charge in [0.1, 0.15) is 17.2 Å². The van der Waals surface area contributed by atoms with Gasteiger partial charge in [-0.15, -0.1) is 0 Å². The van der Waals surface area contributed by atoms with Crippen LogP contribution in [0.5, 0.6) is 0 Å². The van der Waals surface area contributed by atoms with Crippen LogP contribution in [0, 0.1) is 11.6 Å². The summed E-state index contributed by atoms with van der Waals surface area (Å²) in [5, 5.41) is 9.84. The first-order valence-electron chi connectivity index (χ1n) is 5.99. The third-order valence-corrected chi connectivity index (χ3v) is 3.39. The van der Waals surface area contributed by atoms with Crippen LogP contribution in [0.1, 0.15) is 10.4 Å². The van der Waals surface area contributed by atoms with Gasteiger partial charge in [0.25, 0.3) is 5.91 Å². The summed E-state index contributed by atoms with van der Waals surface area (Å²) >= 11 is 0. The lowest BCUT2D eigenvalue weighted by Crippen LogP contribution is -2.38. The quantitative estimate of drug-likeness (QED) is 0.861. The number of rotatable bonds is 2. The van der Waals surface area contributed by atoms with Crippen molar-refractivity contribution in [1.82, 2.24) is 9.80 Å². The molecule has 19 heavy (non-hydrogen) atoms. The van der Waals surface area contributed by atoms with Gasteiger partial charge in [-0.25, -0.2) is 8.78 Å². The molecule has 1 aromatic carbocycles. The lowest BCUT2D eigenvalue weighted by molar-refractivity contribution is 0.0754. The van der Waals surface area contributed by atoms with Gasteiger partial charge in [-0.3, -0.25) is 4.79 Å². The van der Waals surface area contributed by atoms with Crippen molar-refractivity contribution in [3.05, 3.63) is 35.4 Å². The molecule has 0 bridgehead atoms. The highest BCUT2D eigenvalue weighted by atomic mass is 19.1. The summed E-state index contributed by atoms with van der Waals surface area (Å²) in [6.45, 7) is 0.330. The summed E-state index contributed by atoms with van der Waals surface area (Å²) in [5.74, 6) is -2.49. The number of halogens is 2. The molecule has 2 atom stereocenters. The average Bonchev–Trinajstić information content (AvgIpc) is 2.71. The normalized spacial score (nSPS) is 23.2. The van der Waals surface area contributed by atoms with E-state index in [1.54, 1.807) is 19.0 Å². The second-order valence-electron chi connectivity index (χ2n) is 4.91. The summed E-state index contributed by atoms with van der Waals surface area (Å²) in [6, 6.07) is 3.08. The van der Waals surface area contributed by atoms with E-state index < -0.39 is 29.2 Å². The van der Waals surface area contributed by atoms with Crippen LogP contribution in [0.15, 0.2) is 18.2 Å². The Labute approximate surface area is 110 Å². The molecule has 0 radical (unpaired) electrons. The van der Waals surface area contributed by atoms with E-state index in [0.29, 0.717) is 0 Å². The molecule has 1 aliphatic rings. The molecule has 0 aliphatic carbocycles. The number of carbonyl (C=O) groups is 1. The summed E-state index contributed by atoms with van der Waals surface area (Å²) in [6.07, 6.45) is -0.714. The fourth-order valence-corrected chi connectivity index (χ4v) is 2.30. The van der Waals surface area contributed by atoms with Crippen LogP contribution in [0.25, 0.3) is 0 Å². The lowest BCUT2D eigenvalue weighted by atomic mass is 10.1. The number of likely N-dealkylation sites (N-methyl/N-ethyl adjacent to an activating group) is 1. The van der Waals surface area contributed by atoms with Crippen LogP contribution < -0.4 is 0 Å². The van der Waals surface area contributed by atoms with Crippen molar-refractivity contribution >= 4 is 5.91 Å². The van der Waals surface area contributed by atoms with Gasteiger partial charge in [-0.05, 0) is 26.2 Å². The van der Waals surface area contributed by atoms with Crippen LogP contribution in [0.3, 0.4) is 0 Å². The summed E-state index contributed by atoms with van der Waals surface area (Å²) in [7, 11) is 3.57. The molecule has 1 fully saturated rings. The summed E-state index contributed by atoms with van der Waals surface area (Å²) < 4.78 is 27.1. The topological polar surface area (TPSA) is 43.8 Å². The first-order valence-corrected chi connectivity index (χ1v) is 5.99. The highest BCUT2D eigenvalue weighted by Crippen LogP contribution is 2.20. The number of hydrogen-bond acceptors (Lipinski definition) is 3. The summed E-state index contributed by atoms with van der Waals surface area (Å²) in [5.41, 5.74) is -0.561. The predicted octanol–water partition coefficient (Wildman–Crippen LogP) is 0.712. The molecular weight excluding hydrogens is 254 g/mol. The van der Waals surface area contributed by atoms with E-state index >= 15 is 0 Å². The maximum absolute atomic E-state index is 13.5. The van der Waals surface area contributed by atoms with Crippen molar-refractivity contribution in [2.75, 3.05) is 27.2 Å². The lowest BCUT2D eigenvalue weighted by Gasteiger charge is -2.21. The smallest absolute Gasteiger partial charge is 0.259 e. The van der Waals surface area contributed by atoms with E-state index in [-0.39, 0.29) is 19.1 Å². The Morgan fingerprint density at radius 2 is 1.89 bits per heavy atom. The second kappa shape index (κ2) is 5.22. The monoisotopic (exact) mass is 270 g/mol. The Morgan fingerprint density at radius 1 is 1.32 bits per heavy atom. The Hall–Kier alpha value is -1.53. The molecule has 1 aromatic rings. The Balaban J connectivity index is 2.22. The number of likely N-dealkylation sites (tertiary alicyclic amines) is 1. The van der Waals surface area contributed by atoms with Gasteiger partial charge in [0.05, 0.1) is 12.1 Å². The Kier molecular flexibility index (Phi) is 3.82.